The van der Waals surface area contributed by atoms with Crippen molar-refractivity contribution in [3.8, 4) is 0 Å². The fourth-order valence-electron chi connectivity index (χ4n) is 2.08. The van der Waals surface area contributed by atoms with E-state index in [1.165, 1.54) is 0 Å². The number of amides is 1. The van der Waals surface area contributed by atoms with Crippen LogP contribution < -0.4 is 0 Å². The van der Waals surface area contributed by atoms with Crippen LogP contribution >= 0.6 is 15.9 Å². The number of hydrogen-bond acceptors (Lipinski definition) is 3. The van der Waals surface area contributed by atoms with Gasteiger partial charge in [-0.05, 0) is 40.9 Å². The zero-order chi connectivity index (χ0) is 13.1. The van der Waals surface area contributed by atoms with Crippen molar-refractivity contribution in [1.82, 2.24) is 9.88 Å². The van der Waals surface area contributed by atoms with Crippen molar-refractivity contribution in [3.63, 3.8) is 0 Å². The molecule has 1 aliphatic rings. The Morgan fingerprint density at radius 1 is 1.50 bits per heavy atom. The van der Waals surface area contributed by atoms with Crippen molar-refractivity contribution in [3.05, 3.63) is 28.5 Å². The number of hydrogen-bond donors (Lipinski definition) is 1. The van der Waals surface area contributed by atoms with Crippen LogP contribution in [0, 0.1) is 5.92 Å². The third-order valence-electron chi connectivity index (χ3n) is 3.05. The van der Waals surface area contributed by atoms with E-state index in [1.807, 2.05) is 0 Å². The lowest BCUT2D eigenvalue weighted by atomic mass is 9.98. The molecule has 1 aromatic heterocycles. The molecule has 2 heterocycles. The minimum Gasteiger partial charge on any atom is -0.481 e. The van der Waals surface area contributed by atoms with Gasteiger partial charge < -0.3 is 10.0 Å². The topological polar surface area (TPSA) is 70.5 Å². The first-order valence-corrected chi connectivity index (χ1v) is 6.51. The van der Waals surface area contributed by atoms with Gasteiger partial charge in [0.2, 0.25) is 0 Å². The molecular formula is C12H13BrN2O3. The predicted octanol–water partition coefficient (Wildman–Crippen LogP) is 1.78. The molecule has 0 saturated carbocycles. The molecule has 6 heteroatoms. The van der Waals surface area contributed by atoms with Crippen LogP contribution in [0.2, 0.25) is 0 Å². The van der Waals surface area contributed by atoms with E-state index in [4.69, 9.17) is 5.11 Å². The quantitative estimate of drug-likeness (QED) is 0.845. The highest BCUT2D eigenvalue weighted by Crippen LogP contribution is 2.21. The molecule has 1 N–H and O–H groups in total. The van der Waals surface area contributed by atoms with Gasteiger partial charge in [-0.3, -0.25) is 9.59 Å². The summed E-state index contributed by atoms with van der Waals surface area (Å²) in [6.45, 7) is 0.874. The van der Waals surface area contributed by atoms with Gasteiger partial charge in [0, 0.05) is 19.3 Å². The molecule has 1 aromatic rings. The van der Waals surface area contributed by atoms with E-state index >= 15 is 0 Å². The molecule has 0 bridgehead atoms. The zero-order valence-electron chi connectivity index (χ0n) is 9.67. The molecule has 1 fully saturated rings. The molecule has 18 heavy (non-hydrogen) atoms. The maximum absolute atomic E-state index is 12.3. The Hall–Kier alpha value is -1.43. The molecule has 1 amide bonds. The number of carboxylic acids is 1. The van der Waals surface area contributed by atoms with Crippen molar-refractivity contribution < 1.29 is 14.7 Å². The highest BCUT2D eigenvalue weighted by atomic mass is 79.9. The van der Waals surface area contributed by atoms with Crippen LogP contribution in [-0.4, -0.2) is 40.0 Å². The van der Waals surface area contributed by atoms with E-state index in [0.29, 0.717) is 23.1 Å². The van der Waals surface area contributed by atoms with Gasteiger partial charge in [0.05, 0.1) is 11.5 Å². The van der Waals surface area contributed by atoms with Crippen molar-refractivity contribution in [2.24, 2.45) is 5.92 Å². The van der Waals surface area contributed by atoms with Gasteiger partial charge in [0.25, 0.3) is 5.91 Å². The number of aliphatic carboxylic acids is 1. The van der Waals surface area contributed by atoms with Crippen LogP contribution in [0.25, 0.3) is 0 Å². The number of likely N-dealkylation sites (tertiary alicyclic amines) is 1. The summed E-state index contributed by atoms with van der Waals surface area (Å²) in [4.78, 5) is 28.8. The Kier molecular flexibility index (Phi) is 3.96. The highest BCUT2D eigenvalue weighted by molar-refractivity contribution is 9.10. The molecular weight excluding hydrogens is 300 g/mol. The number of carbonyl (C=O) groups is 2. The molecule has 1 atom stereocenters. The summed E-state index contributed by atoms with van der Waals surface area (Å²) in [6, 6.07) is 3.38. The number of piperidine rings is 1. The van der Waals surface area contributed by atoms with Gasteiger partial charge in [-0.25, -0.2) is 4.98 Å². The van der Waals surface area contributed by atoms with Gasteiger partial charge in [0.1, 0.15) is 4.60 Å². The SMILES string of the molecule is O=C(O)[C@@H]1CCCN(C(=O)c2cccnc2Br)C1. The summed E-state index contributed by atoms with van der Waals surface area (Å²) in [7, 11) is 0. The number of carbonyl (C=O) groups excluding carboxylic acids is 1. The molecule has 0 aromatic carbocycles. The first-order chi connectivity index (χ1) is 8.59. The number of nitrogens with zero attached hydrogens (tertiary/aromatic N) is 2. The second-order valence-corrected chi connectivity index (χ2v) is 5.02. The fraction of sp³-hybridized carbons (Fsp3) is 0.417. The van der Waals surface area contributed by atoms with Crippen molar-refractivity contribution in [2.45, 2.75) is 12.8 Å². The highest BCUT2D eigenvalue weighted by Gasteiger charge is 2.29. The summed E-state index contributed by atoms with van der Waals surface area (Å²) in [5, 5.41) is 9.00. The molecule has 0 spiro atoms. The maximum atomic E-state index is 12.3. The van der Waals surface area contributed by atoms with Crippen LogP contribution in [0.5, 0.6) is 0 Å². The Morgan fingerprint density at radius 2 is 2.28 bits per heavy atom. The molecule has 96 valence electrons. The van der Waals surface area contributed by atoms with Crippen LogP contribution in [0.4, 0.5) is 0 Å². The Balaban J connectivity index is 2.14. The van der Waals surface area contributed by atoms with Gasteiger partial charge in [0.15, 0.2) is 0 Å². The van der Waals surface area contributed by atoms with Crippen LogP contribution in [0.1, 0.15) is 23.2 Å². The summed E-state index contributed by atoms with van der Waals surface area (Å²) in [6.07, 6.45) is 2.95. The van der Waals surface area contributed by atoms with Gasteiger partial charge >= 0.3 is 5.97 Å². The fourth-order valence-corrected chi connectivity index (χ4v) is 2.50. The summed E-state index contributed by atoms with van der Waals surface area (Å²) in [5.74, 6) is -1.46. The predicted molar refractivity (Wildman–Crippen MR) is 68.2 cm³/mol. The monoisotopic (exact) mass is 312 g/mol. The third-order valence-corrected chi connectivity index (χ3v) is 3.68. The summed E-state index contributed by atoms with van der Waals surface area (Å²) in [5.41, 5.74) is 0.475. The Labute approximate surface area is 113 Å². The first-order valence-electron chi connectivity index (χ1n) is 5.72. The second kappa shape index (κ2) is 5.48. The first kappa shape index (κ1) is 13.0. The normalized spacial score (nSPS) is 19.6. The molecule has 1 aliphatic heterocycles. The Morgan fingerprint density at radius 3 is 2.94 bits per heavy atom. The van der Waals surface area contributed by atoms with Gasteiger partial charge in [-0.1, -0.05) is 0 Å². The maximum Gasteiger partial charge on any atom is 0.308 e. The van der Waals surface area contributed by atoms with E-state index in [-0.39, 0.29) is 12.5 Å². The molecule has 0 radical (unpaired) electrons. The average Bonchev–Trinajstić information content (AvgIpc) is 2.38. The van der Waals surface area contributed by atoms with Gasteiger partial charge in [-0.15, -0.1) is 0 Å². The number of halogens is 1. The largest absolute Gasteiger partial charge is 0.481 e. The summed E-state index contributed by atoms with van der Waals surface area (Å²) >= 11 is 3.23. The second-order valence-electron chi connectivity index (χ2n) is 4.27. The van der Waals surface area contributed by atoms with E-state index in [1.54, 1.807) is 23.2 Å². The van der Waals surface area contributed by atoms with Crippen molar-refractivity contribution in [1.29, 1.82) is 0 Å². The van der Waals surface area contributed by atoms with Crippen molar-refractivity contribution in [2.75, 3.05) is 13.1 Å². The van der Waals surface area contributed by atoms with Crippen molar-refractivity contribution >= 4 is 27.8 Å². The molecule has 1 saturated heterocycles. The van der Waals surface area contributed by atoms with Crippen LogP contribution in [-0.2, 0) is 4.79 Å². The average molecular weight is 313 g/mol. The standard InChI is InChI=1S/C12H13BrN2O3/c13-10-9(4-1-5-14-10)11(16)15-6-2-3-8(7-15)12(17)18/h1,4-5,8H,2-3,6-7H2,(H,17,18)/t8-/m1/s1. The molecule has 0 aliphatic carbocycles. The molecule has 2 rings (SSSR count). The molecule has 0 unspecified atom stereocenters. The zero-order valence-corrected chi connectivity index (χ0v) is 11.3. The minimum absolute atomic E-state index is 0.166. The minimum atomic E-state index is -0.835. The number of rotatable bonds is 2. The number of aromatic nitrogens is 1. The van der Waals surface area contributed by atoms with Crippen LogP contribution in [0.3, 0.4) is 0 Å². The number of carboxylic acid groups (broad SMARTS) is 1. The lowest BCUT2D eigenvalue weighted by Crippen LogP contribution is -2.42. The smallest absolute Gasteiger partial charge is 0.308 e. The van der Waals surface area contributed by atoms with Gasteiger partial charge in [-0.2, -0.15) is 0 Å². The molecule has 5 nitrogen and oxygen atoms in total. The van der Waals surface area contributed by atoms with E-state index < -0.39 is 11.9 Å². The number of pyridine rings is 1. The third kappa shape index (κ3) is 2.69. The lowest BCUT2D eigenvalue weighted by molar-refractivity contribution is -0.143. The van der Waals surface area contributed by atoms with E-state index in [2.05, 4.69) is 20.9 Å². The lowest BCUT2D eigenvalue weighted by Gasteiger charge is -2.30. The Bertz CT molecular complexity index is 478. The van der Waals surface area contributed by atoms with E-state index in [0.717, 1.165) is 6.42 Å². The van der Waals surface area contributed by atoms with Crippen LogP contribution in [0.15, 0.2) is 22.9 Å². The van der Waals surface area contributed by atoms with E-state index in [9.17, 15) is 9.59 Å². The summed E-state index contributed by atoms with van der Waals surface area (Å²) < 4.78 is 0.493.